The number of halogens is 1. The summed E-state index contributed by atoms with van der Waals surface area (Å²) >= 11 is 6.08. The monoisotopic (exact) mass is 559 g/mol. The predicted molar refractivity (Wildman–Crippen MR) is 156 cm³/mol. The Morgan fingerprint density at radius 3 is 2.25 bits per heavy atom. The quantitative estimate of drug-likeness (QED) is 0.409. The number of anilines is 1. The lowest BCUT2D eigenvalue weighted by molar-refractivity contribution is -0.135. The average Bonchev–Trinajstić information content (AvgIpc) is 2.98. The number of benzene rings is 3. The molecular weight excluding hydrogens is 526 g/mol. The van der Waals surface area contributed by atoms with Crippen LogP contribution in [0.25, 0.3) is 0 Å². The molecule has 8 heteroatoms. The van der Waals surface area contributed by atoms with Gasteiger partial charge in [-0.2, -0.15) is 0 Å². The fraction of sp³-hybridized carbons (Fsp3) is 0.375. The fourth-order valence-corrected chi connectivity index (χ4v) is 6.50. The summed E-state index contributed by atoms with van der Waals surface area (Å²) in [5.41, 5.74) is 4.60. The van der Waals surface area contributed by atoms with Gasteiger partial charge in [-0.1, -0.05) is 29.8 Å². The highest BCUT2D eigenvalue weighted by atomic mass is 35.5. The Bertz CT molecular complexity index is 1420. The van der Waals surface area contributed by atoms with E-state index in [1.807, 2.05) is 84.3 Å². The van der Waals surface area contributed by atoms with Crippen LogP contribution in [0, 0.1) is 0 Å². The van der Waals surface area contributed by atoms with Crippen molar-refractivity contribution in [2.24, 2.45) is 0 Å². The smallest absolute Gasteiger partial charge is 0.254 e. The number of nitrogens with zero attached hydrogens (tertiary/aromatic N) is 3. The third kappa shape index (κ3) is 4.66. The van der Waals surface area contributed by atoms with E-state index in [-0.39, 0.29) is 11.8 Å². The summed E-state index contributed by atoms with van der Waals surface area (Å²) in [5.74, 6) is 0.905. The molecule has 1 saturated heterocycles. The summed E-state index contributed by atoms with van der Waals surface area (Å²) in [7, 11) is 0. The van der Waals surface area contributed by atoms with Gasteiger partial charge in [0.15, 0.2) is 11.5 Å². The van der Waals surface area contributed by atoms with Gasteiger partial charge in [0.1, 0.15) is 0 Å². The van der Waals surface area contributed by atoms with Crippen molar-refractivity contribution < 1.29 is 19.1 Å². The molecule has 0 radical (unpaired) electrons. The van der Waals surface area contributed by atoms with E-state index in [0.29, 0.717) is 61.4 Å². The number of piperazine rings is 1. The number of amides is 2. The maximum absolute atomic E-state index is 14.5. The van der Waals surface area contributed by atoms with Gasteiger partial charge >= 0.3 is 0 Å². The summed E-state index contributed by atoms with van der Waals surface area (Å²) in [6.45, 7) is 8.17. The predicted octanol–water partition coefficient (Wildman–Crippen LogP) is 5.32. The highest BCUT2D eigenvalue weighted by Gasteiger charge is 2.48. The van der Waals surface area contributed by atoms with Gasteiger partial charge in [0.2, 0.25) is 5.91 Å². The second-order valence-corrected chi connectivity index (χ2v) is 10.8. The second kappa shape index (κ2) is 11.0. The van der Waals surface area contributed by atoms with Gasteiger partial charge in [-0.05, 0) is 79.4 Å². The number of fused-ring (bicyclic) bond motifs is 4. The van der Waals surface area contributed by atoms with E-state index >= 15 is 0 Å². The van der Waals surface area contributed by atoms with Crippen LogP contribution in [-0.4, -0.2) is 67.6 Å². The molecule has 6 rings (SSSR count). The zero-order chi connectivity index (χ0) is 27.8. The van der Waals surface area contributed by atoms with Crippen LogP contribution in [0.3, 0.4) is 0 Å². The molecule has 0 unspecified atom stereocenters. The minimum absolute atomic E-state index is 0.0188. The number of rotatable bonds is 6. The lowest BCUT2D eigenvalue weighted by Gasteiger charge is -2.47. The van der Waals surface area contributed by atoms with E-state index < -0.39 is 12.0 Å². The van der Waals surface area contributed by atoms with Crippen LogP contribution in [0.1, 0.15) is 52.9 Å². The third-order valence-corrected chi connectivity index (χ3v) is 8.49. The molecule has 0 spiro atoms. The van der Waals surface area contributed by atoms with Gasteiger partial charge < -0.3 is 24.2 Å². The Morgan fingerprint density at radius 2 is 1.55 bits per heavy atom. The summed E-state index contributed by atoms with van der Waals surface area (Å²) in [4.78, 5) is 34.3. The van der Waals surface area contributed by atoms with Crippen molar-refractivity contribution in [3.05, 3.63) is 87.9 Å². The largest absolute Gasteiger partial charge is 0.490 e. The van der Waals surface area contributed by atoms with Crippen molar-refractivity contribution in [2.75, 3.05) is 50.8 Å². The highest BCUT2D eigenvalue weighted by molar-refractivity contribution is 6.30. The van der Waals surface area contributed by atoms with E-state index in [4.69, 9.17) is 21.1 Å². The molecule has 0 bridgehead atoms. The minimum atomic E-state index is -0.498. The van der Waals surface area contributed by atoms with E-state index in [0.717, 1.165) is 35.5 Å². The maximum Gasteiger partial charge on any atom is 0.254 e. The molecule has 3 aliphatic heterocycles. The Labute approximate surface area is 240 Å². The summed E-state index contributed by atoms with van der Waals surface area (Å²) < 4.78 is 11.9. The molecule has 2 atom stereocenters. The van der Waals surface area contributed by atoms with Gasteiger partial charge in [-0.3, -0.25) is 9.59 Å². The van der Waals surface area contributed by atoms with E-state index in [2.05, 4.69) is 4.90 Å². The maximum atomic E-state index is 14.5. The highest BCUT2D eigenvalue weighted by Crippen LogP contribution is 2.49. The second-order valence-electron chi connectivity index (χ2n) is 10.4. The first-order valence-corrected chi connectivity index (χ1v) is 14.5. The van der Waals surface area contributed by atoms with Crippen molar-refractivity contribution in [1.29, 1.82) is 0 Å². The molecule has 1 fully saturated rings. The molecule has 0 saturated carbocycles. The molecule has 3 aliphatic rings. The minimum Gasteiger partial charge on any atom is -0.490 e. The van der Waals surface area contributed by atoms with E-state index in [1.54, 1.807) is 0 Å². The van der Waals surface area contributed by atoms with Crippen molar-refractivity contribution in [3.8, 4) is 11.5 Å². The molecular formula is C32H34ClN3O4. The van der Waals surface area contributed by atoms with Gasteiger partial charge in [-0.25, -0.2) is 0 Å². The van der Waals surface area contributed by atoms with Crippen LogP contribution in [0.2, 0.25) is 5.02 Å². The molecule has 7 nitrogen and oxygen atoms in total. The first kappa shape index (κ1) is 26.5. The molecule has 0 aliphatic carbocycles. The number of hydrogen-bond acceptors (Lipinski definition) is 5. The SMILES string of the molecule is CCOc1cc2c(cc1OCC)[C@H]1[C@H](C(=O)N3CCN(c4ccc(Cl)cc4)CC3)c3ccccc3C(=O)N1CC2. The molecule has 0 aromatic heterocycles. The van der Waals surface area contributed by atoms with Gasteiger partial charge in [-0.15, -0.1) is 0 Å². The topological polar surface area (TPSA) is 62.3 Å². The van der Waals surface area contributed by atoms with Crippen molar-refractivity contribution in [3.63, 3.8) is 0 Å². The number of hydrogen-bond donors (Lipinski definition) is 0. The Balaban J connectivity index is 1.36. The number of ether oxygens (including phenoxy) is 2. The lowest BCUT2D eigenvalue weighted by atomic mass is 9.75. The summed E-state index contributed by atoms with van der Waals surface area (Å²) in [6, 6.07) is 19.1. The summed E-state index contributed by atoms with van der Waals surface area (Å²) in [6.07, 6.45) is 0.701. The molecule has 3 heterocycles. The Hall–Kier alpha value is -3.71. The Kier molecular flexibility index (Phi) is 7.32. The van der Waals surface area contributed by atoms with Crippen LogP contribution in [0.5, 0.6) is 11.5 Å². The van der Waals surface area contributed by atoms with Crippen molar-refractivity contribution in [2.45, 2.75) is 32.2 Å². The average molecular weight is 560 g/mol. The van der Waals surface area contributed by atoms with Crippen LogP contribution < -0.4 is 14.4 Å². The van der Waals surface area contributed by atoms with Gasteiger partial charge in [0.05, 0.1) is 25.2 Å². The zero-order valence-corrected chi connectivity index (χ0v) is 23.7. The van der Waals surface area contributed by atoms with Gasteiger partial charge in [0, 0.05) is 49.0 Å². The molecule has 2 amide bonds. The number of carbonyl (C=O) groups excluding carboxylic acids is 2. The van der Waals surface area contributed by atoms with Crippen LogP contribution >= 0.6 is 11.6 Å². The zero-order valence-electron chi connectivity index (χ0n) is 22.9. The van der Waals surface area contributed by atoms with E-state index in [1.165, 1.54) is 0 Å². The summed E-state index contributed by atoms with van der Waals surface area (Å²) in [5, 5.41) is 0.710. The van der Waals surface area contributed by atoms with Gasteiger partial charge in [0.25, 0.3) is 5.91 Å². The normalized spacial score (nSPS) is 20.0. The lowest BCUT2D eigenvalue weighted by Crippen LogP contribution is -2.54. The first-order chi connectivity index (χ1) is 19.5. The molecule has 3 aromatic carbocycles. The molecule has 40 heavy (non-hydrogen) atoms. The Morgan fingerprint density at radius 1 is 0.875 bits per heavy atom. The molecule has 0 N–H and O–H groups in total. The van der Waals surface area contributed by atoms with Crippen molar-refractivity contribution >= 4 is 29.1 Å². The number of carbonyl (C=O) groups is 2. The first-order valence-electron chi connectivity index (χ1n) is 14.1. The fourth-order valence-electron chi connectivity index (χ4n) is 6.37. The molecule has 208 valence electrons. The van der Waals surface area contributed by atoms with E-state index in [9.17, 15) is 9.59 Å². The van der Waals surface area contributed by atoms with Crippen molar-refractivity contribution in [1.82, 2.24) is 9.80 Å². The standard InChI is InChI=1S/C32H34ClN3O4/c1-3-39-27-19-21-13-14-36-30(26(21)20-28(27)40-4-2)29(24-7-5-6-8-25(24)31(36)37)32(38)35-17-15-34(16-18-35)23-11-9-22(33)10-12-23/h5-12,19-20,29-30H,3-4,13-18H2,1-2H3/t29-,30+/m1/s1. The molecule has 3 aromatic rings. The third-order valence-electron chi connectivity index (χ3n) is 8.23. The van der Waals surface area contributed by atoms with Crippen LogP contribution in [0.15, 0.2) is 60.7 Å². The van der Waals surface area contributed by atoms with Crippen LogP contribution in [0.4, 0.5) is 5.69 Å². The van der Waals surface area contributed by atoms with Crippen LogP contribution in [-0.2, 0) is 11.2 Å².